The summed E-state index contributed by atoms with van der Waals surface area (Å²) >= 11 is 0. The number of carbonyl (C=O) groups is 2. The zero-order chi connectivity index (χ0) is 16.1. The summed E-state index contributed by atoms with van der Waals surface area (Å²) in [6.07, 6.45) is 5.47. The lowest BCUT2D eigenvalue weighted by molar-refractivity contribution is -0.122. The van der Waals surface area contributed by atoms with Crippen LogP contribution in [0.25, 0.3) is 11.4 Å². The standard InChI is InChI=1S/C17H18N4O2/c22-16(21-14-8-4-5-9-18-17(14)23)13-10-19-15(20-11-13)12-6-2-1-3-7-12/h1-3,6-7,10-11,14H,4-5,8-9H2,(H,18,23)(H,21,22). The minimum absolute atomic E-state index is 0.127. The maximum absolute atomic E-state index is 12.2. The molecule has 0 saturated carbocycles. The molecule has 6 nitrogen and oxygen atoms in total. The van der Waals surface area contributed by atoms with E-state index in [9.17, 15) is 9.59 Å². The molecule has 0 spiro atoms. The van der Waals surface area contributed by atoms with Crippen molar-refractivity contribution in [2.45, 2.75) is 25.3 Å². The van der Waals surface area contributed by atoms with E-state index in [1.807, 2.05) is 30.3 Å². The second-order valence-electron chi connectivity index (χ2n) is 5.47. The second kappa shape index (κ2) is 7.00. The topological polar surface area (TPSA) is 84.0 Å². The van der Waals surface area contributed by atoms with Gasteiger partial charge in [-0.25, -0.2) is 9.97 Å². The van der Waals surface area contributed by atoms with Crippen LogP contribution in [0.1, 0.15) is 29.6 Å². The highest BCUT2D eigenvalue weighted by Crippen LogP contribution is 2.13. The van der Waals surface area contributed by atoms with E-state index in [2.05, 4.69) is 20.6 Å². The third kappa shape index (κ3) is 3.71. The van der Waals surface area contributed by atoms with Crippen LogP contribution in [-0.4, -0.2) is 34.4 Å². The lowest BCUT2D eigenvalue weighted by Crippen LogP contribution is -2.45. The van der Waals surface area contributed by atoms with Gasteiger partial charge in [0.05, 0.1) is 5.56 Å². The molecule has 1 aliphatic heterocycles. The van der Waals surface area contributed by atoms with Gasteiger partial charge in [0, 0.05) is 24.5 Å². The molecular weight excluding hydrogens is 292 g/mol. The normalized spacial score (nSPS) is 17.9. The van der Waals surface area contributed by atoms with Gasteiger partial charge in [0.1, 0.15) is 6.04 Å². The van der Waals surface area contributed by atoms with Gasteiger partial charge in [0.2, 0.25) is 5.91 Å². The summed E-state index contributed by atoms with van der Waals surface area (Å²) in [6, 6.07) is 9.06. The summed E-state index contributed by atoms with van der Waals surface area (Å²) in [5, 5.41) is 5.55. The molecule has 2 amide bonds. The lowest BCUT2D eigenvalue weighted by atomic mass is 10.1. The summed E-state index contributed by atoms with van der Waals surface area (Å²) in [6.45, 7) is 0.667. The Labute approximate surface area is 134 Å². The summed E-state index contributed by atoms with van der Waals surface area (Å²) in [4.78, 5) is 32.6. The molecule has 23 heavy (non-hydrogen) atoms. The maximum Gasteiger partial charge on any atom is 0.255 e. The van der Waals surface area contributed by atoms with Crippen molar-refractivity contribution in [3.8, 4) is 11.4 Å². The molecule has 1 aliphatic rings. The first-order valence-corrected chi connectivity index (χ1v) is 7.70. The number of nitrogens with one attached hydrogen (secondary N) is 2. The number of hydrogen-bond acceptors (Lipinski definition) is 4. The predicted octanol–water partition coefficient (Wildman–Crippen LogP) is 1.54. The van der Waals surface area contributed by atoms with E-state index in [1.54, 1.807) is 0 Å². The van der Waals surface area contributed by atoms with Crippen LogP contribution in [0.3, 0.4) is 0 Å². The number of amides is 2. The Balaban J connectivity index is 1.69. The molecule has 3 rings (SSSR count). The minimum atomic E-state index is -0.487. The van der Waals surface area contributed by atoms with Crippen molar-refractivity contribution in [2.24, 2.45) is 0 Å². The van der Waals surface area contributed by atoms with E-state index in [1.165, 1.54) is 12.4 Å². The molecule has 1 saturated heterocycles. The number of carbonyl (C=O) groups excluding carboxylic acids is 2. The Bertz CT molecular complexity index is 685. The van der Waals surface area contributed by atoms with Crippen molar-refractivity contribution >= 4 is 11.8 Å². The zero-order valence-electron chi connectivity index (χ0n) is 12.7. The number of rotatable bonds is 3. The second-order valence-corrected chi connectivity index (χ2v) is 5.47. The molecule has 0 bridgehead atoms. The van der Waals surface area contributed by atoms with Crippen molar-refractivity contribution in [3.63, 3.8) is 0 Å². The van der Waals surface area contributed by atoms with Gasteiger partial charge < -0.3 is 10.6 Å². The summed E-state index contributed by atoms with van der Waals surface area (Å²) < 4.78 is 0. The summed E-state index contributed by atoms with van der Waals surface area (Å²) in [7, 11) is 0. The van der Waals surface area contributed by atoms with Gasteiger partial charge in [-0.05, 0) is 19.3 Å². The van der Waals surface area contributed by atoms with E-state index in [4.69, 9.17) is 0 Å². The molecule has 1 atom stereocenters. The number of benzene rings is 1. The molecule has 0 radical (unpaired) electrons. The van der Waals surface area contributed by atoms with Crippen LogP contribution in [0.5, 0.6) is 0 Å². The molecule has 1 aromatic heterocycles. The molecule has 2 aromatic rings. The number of hydrogen-bond donors (Lipinski definition) is 2. The Morgan fingerprint density at radius 2 is 1.87 bits per heavy atom. The molecule has 2 heterocycles. The third-order valence-electron chi connectivity index (χ3n) is 3.79. The zero-order valence-corrected chi connectivity index (χ0v) is 12.7. The highest BCUT2D eigenvalue weighted by Gasteiger charge is 2.23. The quantitative estimate of drug-likeness (QED) is 0.901. The summed E-state index contributed by atoms with van der Waals surface area (Å²) in [5.41, 5.74) is 1.24. The van der Waals surface area contributed by atoms with E-state index >= 15 is 0 Å². The predicted molar refractivity (Wildman–Crippen MR) is 85.6 cm³/mol. The van der Waals surface area contributed by atoms with Crippen molar-refractivity contribution < 1.29 is 9.59 Å². The lowest BCUT2D eigenvalue weighted by Gasteiger charge is -2.14. The van der Waals surface area contributed by atoms with Crippen LogP contribution in [0.15, 0.2) is 42.7 Å². The van der Waals surface area contributed by atoms with Crippen molar-refractivity contribution in [1.29, 1.82) is 0 Å². The molecule has 2 N–H and O–H groups in total. The van der Waals surface area contributed by atoms with Crippen molar-refractivity contribution in [1.82, 2.24) is 20.6 Å². The van der Waals surface area contributed by atoms with Gasteiger partial charge >= 0.3 is 0 Å². The van der Waals surface area contributed by atoms with Crippen molar-refractivity contribution in [3.05, 3.63) is 48.3 Å². The third-order valence-corrected chi connectivity index (χ3v) is 3.79. The molecular formula is C17H18N4O2. The van der Waals surface area contributed by atoms with Crippen LogP contribution >= 0.6 is 0 Å². The van der Waals surface area contributed by atoms with Crippen LogP contribution in [0, 0.1) is 0 Å². The minimum Gasteiger partial charge on any atom is -0.354 e. The number of aromatic nitrogens is 2. The SMILES string of the molecule is O=C(NC1CCCCNC1=O)c1cnc(-c2ccccc2)nc1. The first-order chi connectivity index (χ1) is 11.2. The van der Waals surface area contributed by atoms with E-state index in [0.717, 1.165) is 18.4 Å². The Morgan fingerprint density at radius 3 is 2.61 bits per heavy atom. The van der Waals surface area contributed by atoms with Crippen LogP contribution < -0.4 is 10.6 Å². The fourth-order valence-electron chi connectivity index (χ4n) is 2.50. The van der Waals surface area contributed by atoms with E-state index in [0.29, 0.717) is 24.4 Å². The monoisotopic (exact) mass is 310 g/mol. The maximum atomic E-state index is 12.2. The summed E-state index contributed by atoms with van der Waals surface area (Å²) in [5.74, 6) is 0.110. The van der Waals surface area contributed by atoms with Gasteiger partial charge in [-0.1, -0.05) is 30.3 Å². The fraction of sp³-hybridized carbons (Fsp3) is 0.294. The fourth-order valence-corrected chi connectivity index (χ4v) is 2.50. The van der Waals surface area contributed by atoms with Gasteiger partial charge in [0.15, 0.2) is 5.82 Å². The van der Waals surface area contributed by atoms with E-state index < -0.39 is 6.04 Å². The average molecular weight is 310 g/mol. The smallest absolute Gasteiger partial charge is 0.255 e. The van der Waals surface area contributed by atoms with Crippen LogP contribution in [-0.2, 0) is 4.79 Å². The van der Waals surface area contributed by atoms with Crippen LogP contribution in [0.4, 0.5) is 0 Å². The highest BCUT2D eigenvalue weighted by molar-refractivity contribution is 5.97. The molecule has 1 unspecified atom stereocenters. The van der Waals surface area contributed by atoms with Crippen LogP contribution in [0.2, 0.25) is 0 Å². The first kappa shape index (κ1) is 15.1. The highest BCUT2D eigenvalue weighted by atomic mass is 16.2. The molecule has 0 aliphatic carbocycles. The van der Waals surface area contributed by atoms with Gasteiger partial charge in [-0.2, -0.15) is 0 Å². The first-order valence-electron chi connectivity index (χ1n) is 7.70. The average Bonchev–Trinajstić information content (AvgIpc) is 2.80. The van der Waals surface area contributed by atoms with Gasteiger partial charge in [0.25, 0.3) is 5.91 Å². The largest absolute Gasteiger partial charge is 0.354 e. The Hall–Kier alpha value is -2.76. The van der Waals surface area contributed by atoms with Crippen molar-refractivity contribution in [2.75, 3.05) is 6.54 Å². The Morgan fingerprint density at radius 1 is 1.13 bits per heavy atom. The Kier molecular flexibility index (Phi) is 4.61. The van der Waals surface area contributed by atoms with Gasteiger partial charge in [-0.3, -0.25) is 9.59 Å². The molecule has 118 valence electrons. The molecule has 6 heteroatoms. The molecule has 1 fully saturated rings. The van der Waals surface area contributed by atoms with E-state index in [-0.39, 0.29) is 11.8 Å². The molecule has 1 aromatic carbocycles. The van der Waals surface area contributed by atoms with Gasteiger partial charge in [-0.15, -0.1) is 0 Å². The number of nitrogens with zero attached hydrogens (tertiary/aromatic N) is 2.